The summed E-state index contributed by atoms with van der Waals surface area (Å²) in [6, 6.07) is -0.302. The van der Waals surface area contributed by atoms with Gasteiger partial charge >= 0.3 is 6.03 Å². The number of imide groups is 1. The average Bonchev–Trinajstić information content (AvgIpc) is 3.17. The molecule has 3 rings (SSSR count). The number of carbonyl (C=O) groups is 3. The monoisotopic (exact) mass is 323 g/mol. The van der Waals surface area contributed by atoms with Gasteiger partial charge in [-0.05, 0) is 19.3 Å². The molecule has 1 aliphatic carbocycles. The average molecular weight is 323 g/mol. The minimum absolute atomic E-state index is 0.111. The van der Waals surface area contributed by atoms with E-state index in [1.165, 1.54) is 21.1 Å². The number of carbonyl (C=O) groups excluding carboxylic acids is 3. The number of likely N-dealkylation sites (N-methyl/N-ethyl adjacent to an activating group) is 1. The van der Waals surface area contributed by atoms with Crippen LogP contribution in [0.5, 0.6) is 0 Å². The van der Waals surface area contributed by atoms with Crippen molar-refractivity contribution in [2.24, 2.45) is 0 Å². The third-order valence-electron chi connectivity index (χ3n) is 3.63. The van der Waals surface area contributed by atoms with Crippen LogP contribution in [0.2, 0.25) is 0 Å². The van der Waals surface area contributed by atoms with Gasteiger partial charge in [0.2, 0.25) is 16.9 Å². The van der Waals surface area contributed by atoms with Gasteiger partial charge in [0.25, 0.3) is 0 Å². The van der Waals surface area contributed by atoms with E-state index in [1.807, 2.05) is 0 Å². The number of amides is 4. The summed E-state index contributed by atoms with van der Waals surface area (Å²) in [5, 5.41) is 12.2. The SMILES string of the molecule is CN1CC(=O)N(CCCC(=O)Nc2nnc(C3CC3)s2)C1=O. The van der Waals surface area contributed by atoms with Crippen LogP contribution >= 0.6 is 11.3 Å². The van der Waals surface area contributed by atoms with E-state index < -0.39 is 0 Å². The van der Waals surface area contributed by atoms with Crippen LogP contribution < -0.4 is 5.32 Å². The molecule has 8 nitrogen and oxygen atoms in total. The molecule has 2 heterocycles. The van der Waals surface area contributed by atoms with E-state index in [-0.39, 0.29) is 37.4 Å². The Bertz CT molecular complexity index is 613. The molecule has 4 amide bonds. The van der Waals surface area contributed by atoms with E-state index in [4.69, 9.17) is 0 Å². The molecule has 0 atom stereocenters. The van der Waals surface area contributed by atoms with Crippen LogP contribution in [-0.2, 0) is 9.59 Å². The molecule has 9 heteroatoms. The van der Waals surface area contributed by atoms with Crippen molar-refractivity contribution in [1.29, 1.82) is 0 Å². The predicted octanol–water partition coefficient (Wildman–Crippen LogP) is 1.03. The van der Waals surface area contributed by atoms with Gasteiger partial charge in [0, 0.05) is 25.9 Å². The summed E-state index contributed by atoms with van der Waals surface area (Å²) < 4.78 is 0. The molecule has 0 unspecified atom stereocenters. The first kappa shape index (κ1) is 14.9. The lowest BCUT2D eigenvalue weighted by atomic mass is 10.3. The van der Waals surface area contributed by atoms with Gasteiger partial charge in [-0.25, -0.2) is 4.79 Å². The van der Waals surface area contributed by atoms with Gasteiger partial charge in [-0.15, -0.1) is 10.2 Å². The highest BCUT2D eigenvalue weighted by atomic mass is 32.1. The fourth-order valence-corrected chi connectivity index (χ4v) is 3.18. The molecule has 0 aromatic carbocycles. The van der Waals surface area contributed by atoms with Crippen molar-refractivity contribution in [3.05, 3.63) is 5.01 Å². The second-order valence-corrected chi connectivity index (χ2v) is 6.56. The molecule has 22 heavy (non-hydrogen) atoms. The van der Waals surface area contributed by atoms with Gasteiger partial charge in [0.1, 0.15) is 11.6 Å². The first-order valence-electron chi connectivity index (χ1n) is 7.23. The van der Waals surface area contributed by atoms with Crippen molar-refractivity contribution < 1.29 is 14.4 Å². The molecule has 1 N–H and O–H groups in total. The highest BCUT2D eigenvalue weighted by Crippen LogP contribution is 2.42. The normalized spacial score (nSPS) is 18.2. The van der Waals surface area contributed by atoms with Crippen molar-refractivity contribution >= 4 is 34.3 Å². The van der Waals surface area contributed by atoms with E-state index in [1.54, 1.807) is 7.05 Å². The lowest BCUT2D eigenvalue weighted by Crippen LogP contribution is -2.32. The van der Waals surface area contributed by atoms with E-state index >= 15 is 0 Å². The van der Waals surface area contributed by atoms with Gasteiger partial charge in [-0.2, -0.15) is 0 Å². The maximum atomic E-state index is 11.8. The molecule has 0 radical (unpaired) electrons. The standard InChI is InChI=1S/C13H17N5O3S/c1-17-7-10(20)18(13(17)21)6-2-3-9(19)14-12-16-15-11(22-12)8-4-5-8/h8H,2-7H2,1H3,(H,14,16,19). The van der Waals surface area contributed by atoms with Gasteiger partial charge in [-0.3, -0.25) is 14.5 Å². The van der Waals surface area contributed by atoms with Crippen LogP contribution in [-0.4, -0.2) is 58.0 Å². The maximum absolute atomic E-state index is 11.8. The van der Waals surface area contributed by atoms with Crippen molar-refractivity contribution in [3.8, 4) is 0 Å². The van der Waals surface area contributed by atoms with Crippen LogP contribution in [0.15, 0.2) is 0 Å². The Balaban J connectivity index is 1.42. The fraction of sp³-hybridized carbons (Fsp3) is 0.615. The number of hydrogen-bond acceptors (Lipinski definition) is 6. The molecule has 1 saturated heterocycles. The molecule has 2 fully saturated rings. The van der Waals surface area contributed by atoms with Crippen molar-refractivity contribution in [3.63, 3.8) is 0 Å². The van der Waals surface area contributed by atoms with E-state index in [0.717, 1.165) is 17.8 Å². The Kier molecular flexibility index (Phi) is 4.06. The van der Waals surface area contributed by atoms with E-state index in [0.29, 0.717) is 17.5 Å². The first-order chi connectivity index (χ1) is 10.5. The first-order valence-corrected chi connectivity index (χ1v) is 8.05. The number of anilines is 1. The Morgan fingerprint density at radius 1 is 1.36 bits per heavy atom. The summed E-state index contributed by atoms with van der Waals surface area (Å²) in [6.45, 7) is 0.374. The Hall–Kier alpha value is -2.03. The molecule has 0 bridgehead atoms. The summed E-state index contributed by atoms with van der Waals surface area (Å²) in [6.07, 6.45) is 2.97. The molecule has 1 aromatic rings. The number of urea groups is 1. The van der Waals surface area contributed by atoms with Crippen LogP contribution in [0.4, 0.5) is 9.93 Å². The molecular weight excluding hydrogens is 306 g/mol. The molecule has 0 spiro atoms. The lowest BCUT2D eigenvalue weighted by molar-refractivity contribution is -0.125. The largest absolute Gasteiger partial charge is 0.326 e. The summed E-state index contributed by atoms with van der Waals surface area (Å²) >= 11 is 1.41. The lowest BCUT2D eigenvalue weighted by Gasteiger charge is -2.13. The van der Waals surface area contributed by atoms with Crippen LogP contribution in [0.25, 0.3) is 0 Å². The minimum atomic E-state index is -0.302. The second-order valence-electron chi connectivity index (χ2n) is 5.56. The van der Waals surface area contributed by atoms with Gasteiger partial charge in [-0.1, -0.05) is 11.3 Å². The van der Waals surface area contributed by atoms with Crippen LogP contribution in [0.3, 0.4) is 0 Å². The molecule has 118 valence electrons. The number of aromatic nitrogens is 2. The zero-order valence-electron chi connectivity index (χ0n) is 12.2. The van der Waals surface area contributed by atoms with Gasteiger partial charge in [0.05, 0.1) is 0 Å². The summed E-state index contributed by atoms with van der Waals surface area (Å²) in [7, 11) is 1.58. The predicted molar refractivity (Wildman–Crippen MR) is 79.5 cm³/mol. The number of nitrogens with zero attached hydrogens (tertiary/aromatic N) is 4. The number of rotatable bonds is 6. The van der Waals surface area contributed by atoms with Crippen molar-refractivity contribution in [2.45, 2.75) is 31.6 Å². The zero-order valence-corrected chi connectivity index (χ0v) is 13.1. The summed E-state index contributed by atoms with van der Waals surface area (Å²) in [4.78, 5) is 37.6. The number of hydrogen-bond donors (Lipinski definition) is 1. The molecule has 1 saturated carbocycles. The third kappa shape index (κ3) is 3.24. The zero-order chi connectivity index (χ0) is 15.7. The van der Waals surface area contributed by atoms with E-state index in [2.05, 4.69) is 15.5 Å². The second kappa shape index (κ2) is 5.99. The third-order valence-corrected chi connectivity index (χ3v) is 4.63. The topological polar surface area (TPSA) is 95.5 Å². The Labute approximate surface area is 131 Å². The quantitative estimate of drug-likeness (QED) is 0.789. The van der Waals surface area contributed by atoms with Gasteiger partial charge < -0.3 is 10.2 Å². The molecular formula is C13H17N5O3S. The van der Waals surface area contributed by atoms with Crippen LogP contribution in [0, 0.1) is 0 Å². The van der Waals surface area contributed by atoms with Crippen molar-refractivity contribution in [1.82, 2.24) is 20.0 Å². The summed E-state index contributed by atoms with van der Waals surface area (Å²) in [5.74, 6) is 0.129. The maximum Gasteiger partial charge on any atom is 0.326 e. The van der Waals surface area contributed by atoms with Crippen molar-refractivity contribution in [2.75, 3.05) is 25.5 Å². The minimum Gasteiger partial charge on any atom is -0.318 e. The molecule has 2 aliphatic rings. The van der Waals surface area contributed by atoms with E-state index in [9.17, 15) is 14.4 Å². The Morgan fingerprint density at radius 3 is 2.77 bits per heavy atom. The Morgan fingerprint density at radius 2 is 2.14 bits per heavy atom. The summed E-state index contributed by atoms with van der Waals surface area (Å²) in [5.41, 5.74) is 0. The molecule has 1 aliphatic heterocycles. The highest BCUT2D eigenvalue weighted by Gasteiger charge is 2.33. The smallest absolute Gasteiger partial charge is 0.318 e. The fourth-order valence-electron chi connectivity index (χ4n) is 2.25. The van der Waals surface area contributed by atoms with Crippen LogP contribution in [0.1, 0.15) is 36.6 Å². The molecule has 1 aromatic heterocycles. The van der Waals surface area contributed by atoms with Gasteiger partial charge in [0.15, 0.2) is 0 Å². The highest BCUT2D eigenvalue weighted by molar-refractivity contribution is 7.15. The number of nitrogens with one attached hydrogen (secondary N) is 1.